The summed E-state index contributed by atoms with van der Waals surface area (Å²) in [5, 5.41) is 8.92. The number of hydrogen-bond acceptors (Lipinski definition) is 3. The molecule has 0 saturated heterocycles. The summed E-state index contributed by atoms with van der Waals surface area (Å²) in [4.78, 5) is 11.9. The van der Waals surface area contributed by atoms with Crippen LogP contribution in [-0.2, 0) is 6.61 Å². The minimum Gasteiger partial charge on any atom is -0.487 e. The van der Waals surface area contributed by atoms with Crippen LogP contribution in [0.3, 0.4) is 0 Å². The molecule has 18 heavy (non-hydrogen) atoms. The fraction of sp³-hybridized carbons (Fsp3) is 0.0833. The van der Waals surface area contributed by atoms with Crippen LogP contribution in [0.4, 0.5) is 0 Å². The number of carboxylic acid groups (broad SMARTS) is 1. The molecule has 0 radical (unpaired) electrons. The van der Waals surface area contributed by atoms with E-state index in [1.807, 2.05) is 12.1 Å². The molecule has 0 aliphatic heterocycles. The summed E-state index contributed by atoms with van der Waals surface area (Å²) in [6, 6.07) is 8.50. The van der Waals surface area contributed by atoms with E-state index in [1.165, 1.54) is 17.4 Å². The summed E-state index contributed by atoms with van der Waals surface area (Å²) in [5.74, 6) is -0.393. The van der Waals surface area contributed by atoms with Gasteiger partial charge in [-0.25, -0.2) is 4.79 Å². The van der Waals surface area contributed by atoms with E-state index in [9.17, 15) is 4.79 Å². The second-order valence-electron chi connectivity index (χ2n) is 3.44. The highest BCUT2D eigenvalue weighted by Gasteiger charge is 2.08. The molecule has 0 atom stereocenters. The van der Waals surface area contributed by atoms with Crippen LogP contribution in [0.5, 0.6) is 5.75 Å². The Morgan fingerprint density at radius 1 is 1.39 bits per heavy atom. The average Bonchev–Trinajstić information content (AvgIpc) is 2.74. The normalized spacial score (nSPS) is 10.3. The highest BCUT2D eigenvalue weighted by atomic mass is 127. The van der Waals surface area contributed by atoms with Crippen LogP contribution in [0.2, 0.25) is 4.34 Å². The van der Waals surface area contributed by atoms with Gasteiger partial charge in [-0.15, -0.1) is 11.3 Å². The summed E-state index contributed by atoms with van der Waals surface area (Å²) in [6.07, 6.45) is 0. The van der Waals surface area contributed by atoms with Crippen LogP contribution >= 0.6 is 45.5 Å². The summed E-state index contributed by atoms with van der Waals surface area (Å²) < 4.78 is 7.19. The summed E-state index contributed by atoms with van der Waals surface area (Å²) in [7, 11) is 0. The van der Waals surface area contributed by atoms with E-state index in [-0.39, 0.29) is 5.56 Å². The van der Waals surface area contributed by atoms with Crippen LogP contribution in [-0.4, -0.2) is 11.1 Å². The Hall–Kier alpha value is -0.790. The molecule has 94 valence electrons. The summed E-state index contributed by atoms with van der Waals surface area (Å²) in [5.41, 5.74) is 0.217. The van der Waals surface area contributed by atoms with Gasteiger partial charge in [-0.05, 0) is 52.9 Å². The summed E-state index contributed by atoms with van der Waals surface area (Å²) >= 11 is 9.38. The van der Waals surface area contributed by atoms with Gasteiger partial charge >= 0.3 is 5.97 Å². The van der Waals surface area contributed by atoms with Gasteiger partial charge in [0.2, 0.25) is 0 Å². The number of carboxylic acids is 1. The second kappa shape index (κ2) is 5.90. The molecule has 1 aromatic carbocycles. The number of ether oxygens (including phenoxy) is 1. The van der Waals surface area contributed by atoms with E-state index >= 15 is 0 Å². The van der Waals surface area contributed by atoms with E-state index in [2.05, 4.69) is 22.6 Å². The van der Waals surface area contributed by atoms with Crippen molar-refractivity contribution >= 4 is 51.5 Å². The first-order chi connectivity index (χ1) is 8.56. The first-order valence-corrected chi connectivity index (χ1v) is 7.23. The molecule has 1 aromatic heterocycles. The number of aromatic carboxylic acids is 1. The van der Waals surface area contributed by atoms with Crippen molar-refractivity contribution in [2.75, 3.05) is 0 Å². The Morgan fingerprint density at radius 3 is 2.78 bits per heavy atom. The van der Waals surface area contributed by atoms with Crippen LogP contribution in [0, 0.1) is 3.57 Å². The molecule has 0 fully saturated rings. The monoisotopic (exact) mass is 394 g/mol. The van der Waals surface area contributed by atoms with Gasteiger partial charge in [-0.3, -0.25) is 0 Å². The van der Waals surface area contributed by atoms with Gasteiger partial charge in [0.15, 0.2) is 0 Å². The smallest absolute Gasteiger partial charge is 0.335 e. The van der Waals surface area contributed by atoms with E-state index in [0.29, 0.717) is 16.7 Å². The molecular weight excluding hydrogens is 387 g/mol. The number of carbonyl (C=O) groups is 1. The number of halogens is 2. The van der Waals surface area contributed by atoms with Crippen molar-refractivity contribution in [3.63, 3.8) is 0 Å². The maximum absolute atomic E-state index is 10.9. The minimum absolute atomic E-state index is 0.217. The zero-order chi connectivity index (χ0) is 13.1. The SMILES string of the molecule is O=C(O)c1ccc(I)c(OCc2ccc(Cl)s2)c1. The molecule has 6 heteroatoms. The highest BCUT2D eigenvalue weighted by Crippen LogP contribution is 2.26. The zero-order valence-corrected chi connectivity index (χ0v) is 12.8. The molecule has 2 aromatic rings. The third-order valence-corrected chi connectivity index (χ3v) is 4.27. The highest BCUT2D eigenvalue weighted by molar-refractivity contribution is 14.1. The Bertz CT molecular complexity index is 582. The molecular formula is C12H8ClIO3S. The molecule has 0 bridgehead atoms. The molecule has 3 nitrogen and oxygen atoms in total. The molecule has 1 heterocycles. The quantitative estimate of drug-likeness (QED) is 0.787. The van der Waals surface area contributed by atoms with Crippen LogP contribution in [0.15, 0.2) is 30.3 Å². The Kier molecular flexibility index (Phi) is 4.47. The zero-order valence-electron chi connectivity index (χ0n) is 9.02. The van der Waals surface area contributed by atoms with Crippen molar-refractivity contribution in [1.29, 1.82) is 0 Å². The average molecular weight is 395 g/mol. The van der Waals surface area contributed by atoms with E-state index < -0.39 is 5.97 Å². The van der Waals surface area contributed by atoms with E-state index in [4.69, 9.17) is 21.4 Å². The largest absolute Gasteiger partial charge is 0.487 e. The minimum atomic E-state index is -0.963. The van der Waals surface area contributed by atoms with Gasteiger partial charge in [0, 0.05) is 4.88 Å². The fourth-order valence-electron chi connectivity index (χ4n) is 1.33. The van der Waals surface area contributed by atoms with Crippen molar-refractivity contribution in [3.05, 3.63) is 48.7 Å². The van der Waals surface area contributed by atoms with Crippen molar-refractivity contribution in [2.24, 2.45) is 0 Å². The van der Waals surface area contributed by atoms with Gasteiger partial charge in [0.25, 0.3) is 0 Å². The third-order valence-electron chi connectivity index (χ3n) is 2.18. The number of hydrogen-bond donors (Lipinski definition) is 1. The molecule has 0 saturated carbocycles. The van der Waals surface area contributed by atoms with Gasteiger partial charge < -0.3 is 9.84 Å². The Balaban J connectivity index is 2.13. The lowest BCUT2D eigenvalue weighted by Gasteiger charge is -2.07. The maximum atomic E-state index is 10.9. The maximum Gasteiger partial charge on any atom is 0.335 e. The second-order valence-corrected chi connectivity index (χ2v) is 6.41. The lowest BCUT2D eigenvalue weighted by molar-refractivity contribution is 0.0696. The topological polar surface area (TPSA) is 46.5 Å². The Labute approximate surface area is 126 Å². The summed E-state index contributed by atoms with van der Waals surface area (Å²) in [6.45, 7) is 0.385. The predicted octanol–water partition coefficient (Wildman–Crippen LogP) is 4.28. The molecule has 0 aliphatic rings. The number of thiophene rings is 1. The van der Waals surface area contributed by atoms with E-state index in [0.717, 1.165) is 8.45 Å². The lowest BCUT2D eigenvalue weighted by Crippen LogP contribution is -2.00. The standard InChI is InChI=1S/C12H8ClIO3S/c13-11-4-2-8(18-11)6-17-10-5-7(12(15)16)1-3-9(10)14/h1-5H,6H2,(H,15,16). The van der Waals surface area contributed by atoms with Crippen molar-refractivity contribution in [3.8, 4) is 5.75 Å². The molecule has 0 amide bonds. The van der Waals surface area contributed by atoms with Gasteiger partial charge in [-0.1, -0.05) is 11.6 Å². The van der Waals surface area contributed by atoms with Gasteiger partial charge in [0.05, 0.1) is 13.5 Å². The van der Waals surface area contributed by atoms with Crippen LogP contribution in [0.1, 0.15) is 15.2 Å². The molecule has 0 unspecified atom stereocenters. The first-order valence-electron chi connectivity index (χ1n) is 4.96. The van der Waals surface area contributed by atoms with E-state index in [1.54, 1.807) is 12.1 Å². The molecule has 2 rings (SSSR count). The lowest BCUT2D eigenvalue weighted by atomic mass is 10.2. The Morgan fingerprint density at radius 2 is 2.17 bits per heavy atom. The number of benzene rings is 1. The van der Waals surface area contributed by atoms with Crippen molar-refractivity contribution in [2.45, 2.75) is 6.61 Å². The number of rotatable bonds is 4. The van der Waals surface area contributed by atoms with Crippen molar-refractivity contribution in [1.82, 2.24) is 0 Å². The van der Waals surface area contributed by atoms with Crippen molar-refractivity contribution < 1.29 is 14.6 Å². The third kappa shape index (κ3) is 3.37. The fourth-order valence-corrected chi connectivity index (χ4v) is 2.82. The van der Waals surface area contributed by atoms with Crippen LogP contribution in [0.25, 0.3) is 0 Å². The van der Waals surface area contributed by atoms with Crippen LogP contribution < -0.4 is 4.74 Å². The van der Waals surface area contributed by atoms with Gasteiger partial charge in [-0.2, -0.15) is 0 Å². The van der Waals surface area contributed by atoms with Gasteiger partial charge in [0.1, 0.15) is 12.4 Å². The molecule has 0 spiro atoms. The first kappa shape index (κ1) is 13.6. The predicted molar refractivity (Wildman–Crippen MR) is 79.8 cm³/mol. The molecule has 1 N–H and O–H groups in total. The molecule has 0 aliphatic carbocycles.